The van der Waals surface area contributed by atoms with Crippen LogP contribution in [0.5, 0.6) is 0 Å². The predicted molar refractivity (Wildman–Crippen MR) is 94.3 cm³/mol. The number of hydrogen-bond donors (Lipinski definition) is 2. The Kier molecular flexibility index (Phi) is 15.8. The lowest BCUT2D eigenvalue weighted by Crippen LogP contribution is -2.25. The first-order valence-electron chi connectivity index (χ1n) is 9.61. The molecule has 138 valence electrons. The molecule has 4 heteroatoms. The fraction of sp³-hybridized carbons (Fsp3) is 0.947. The highest BCUT2D eigenvalue weighted by Crippen LogP contribution is 2.20. The van der Waals surface area contributed by atoms with Crippen LogP contribution in [0.1, 0.15) is 90.9 Å². The van der Waals surface area contributed by atoms with Crippen molar-refractivity contribution in [2.75, 3.05) is 13.2 Å². The predicted octanol–water partition coefficient (Wildman–Crippen LogP) is 4.22. The van der Waals surface area contributed by atoms with E-state index < -0.39 is 6.10 Å². The van der Waals surface area contributed by atoms with Crippen molar-refractivity contribution in [1.29, 1.82) is 0 Å². The summed E-state index contributed by atoms with van der Waals surface area (Å²) >= 11 is 0. The molecule has 0 saturated carbocycles. The zero-order chi connectivity index (χ0) is 17.3. The molecule has 0 fully saturated rings. The molecule has 2 N–H and O–H groups in total. The Bertz CT molecular complexity index is 254. The van der Waals surface area contributed by atoms with Crippen molar-refractivity contribution in [2.45, 2.75) is 97.0 Å². The number of carbonyl (C=O) groups excluding carboxylic acids is 1. The number of rotatable bonds is 16. The maximum absolute atomic E-state index is 12.2. The van der Waals surface area contributed by atoms with Crippen LogP contribution in [-0.2, 0) is 9.53 Å². The molecule has 1 atom stereocenters. The van der Waals surface area contributed by atoms with Gasteiger partial charge in [-0.15, -0.1) is 0 Å². The molecule has 0 aliphatic rings. The van der Waals surface area contributed by atoms with E-state index in [0.29, 0.717) is 0 Å². The summed E-state index contributed by atoms with van der Waals surface area (Å²) in [7, 11) is 0. The summed E-state index contributed by atoms with van der Waals surface area (Å²) in [5.41, 5.74) is 0. The van der Waals surface area contributed by atoms with Crippen molar-refractivity contribution in [1.82, 2.24) is 0 Å². The number of ether oxygens (including phenoxy) is 1. The summed E-state index contributed by atoms with van der Waals surface area (Å²) in [4.78, 5) is 12.2. The van der Waals surface area contributed by atoms with Crippen LogP contribution in [0.4, 0.5) is 0 Å². The van der Waals surface area contributed by atoms with Gasteiger partial charge >= 0.3 is 5.97 Å². The van der Waals surface area contributed by atoms with Gasteiger partial charge in [0.15, 0.2) is 0 Å². The molecule has 0 saturated heterocycles. The van der Waals surface area contributed by atoms with Crippen LogP contribution in [0.15, 0.2) is 0 Å². The quantitative estimate of drug-likeness (QED) is 0.328. The summed E-state index contributed by atoms with van der Waals surface area (Å²) in [6.45, 7) is 3.93. The van der Waals surface area contributed by atoms with Crippen molar-refractivity contribution in [3.63, 3.8) is 0 Å². The van der Waals surface area contributed by atoms with Gasteiger partial charge in [-0.3, -0.25) is 4.79 Å². The Labute approximate surface area is 142 Å². The van der Waals surface area contributed by atoms with Gasteiger partial charge in [0.1, 0.15) is 12.7 Å². The molecular formula is C19H38O4. The summed E-state index contributed by atoms with van der Waals surface area (Å²) in [6.07, 6.45) is 12.7. The highest BCUT2D eigenvalue weighted by Gasteiger charge is 2.20. The standard InChI is InChI=1S/C19H38O4/c1-3-5-7-9-11-13-17(14-12-10-8-6-4-2)19(22)23-16-18(21)15-20/h17-18,20-21H,3-16H2,1-2H3/t18-/m1/s1. The van der Waals surface area contributed by atoms with Crippen molar-refractivity contribution >= 4 is 5.97 Å². The van der Waals surface area contributed by atoms with Crippen LogP contribution in [0.25, 0.3) is 0 Å². The first-order chi connectivity index (χ1) is 11.2. The van der Waals surface area contributed by atoms with E-state index in [1.807, 2.05) is 0 Å². The van der Waals surface area contributed by atoms with E-state index in [9.17, 15) is 9.90 Å². The van der Waals surface area contributed by atoms with E-state index >= 15 is 0 Å². The minimum atomic E-state index is -0.964. The lowest BCUT2D eigenvalue weighted by molar-refractivity contribution is -0.152. The molecule has 0 radical (unpaired) electrons. The van der Waals surface area contributed by atoms with Gasteiger partial charge < -0.3 is 14.9 Å². The van der Waals surface area contributed by atoms with Gasteiger partial charge in [-0.1, -0.05) is 78.1 Å². The second kappa shape index (κ2) is 16.3. The Balaban J connectivity index is 4.10. The van der Waals surface area contributed by atoms with Gasteiger partial charge in [-0.2, -0.15) is 0 Å². The van der Waals surface area contributed by atoms with Gasteiger partial charge in [0.05, 0.1) is 12.5 Å². The summed E-state index contributed by atoms with van der Waals surface area (Å²) in [6, 6.07) is 0. The molecule has 0 spiro atoms. The van der Waals surface area contributed by atoms with Gasteiger partial charge in [0, 0.05) is 0 Å². The summed E-state index contributed by atoms with van der Waals surface area (Å²) in [5.74, 6) is -0.257. The number of unbranched alkanes of at least 4 members (excludes halogenated alkanes) is 8. The molecule has 0 rings (SSSR count). The molecule has 0 unspecified atom stereocenters. The topological polar surface area (TPSA) is 66.8 Å². The molecule has 0 aromatic heterocycles. The third-order valence-corrected chi connectivity index (χ3v) is 4.27. The third kappa shape index (κ3) is 13.5. The van der Waals surface area contributed by atoms with Gasteiger partial charge in [0.2, 0.25) is 0 Å². The van der Waals surface area contributed by atoms with Crippen LogP contribution in [0.2, 0.25) is 0 Å². The van der Waals surface area contributed by atoms with Crippen LogP contribution in [0.3, 0.4) is 0 Å². The van der Waals surface area contributed by atoms with Crippen LogP contribution < -0.4 is 0 Å². The average Bonchev–Trinajstić information content (AvgIpc) is 2.57. The lowest BCUT2D eigenvalue weighted by Gasteiger charge is -2.17. The summed E-state index contributed by atoms with van der Waals surface area (Å²) < 4.78 is 5.16. The molecule has 0 heterocycles. The van der Waals surface area contributed by atoms with E-state index in [1.54, 1.807) is 0 Å². The Morgan fingerprint density at radius 3 is 1.78 bits per heavy atom. The highest BCUT2D eigenvalue weighted by atomic mass is 16.5. The maximum atomic E-state index is 12.2. The average molecular weight is 331 g/mol. The van der Waals surface area contributed by atoms with Crippen molar-refractivity contribution in [3.05, 3.63) is 0 Å². The van der Waals surface area contributed by atoms with Crippen molar-refractivity contribution in [2.24, 2.45) is 5.92 Å². The number of esters is 1. The maximum Gasteiger partial charge on any atom is 0.309 e. The Hall–Kier alpha value is -0.610. The smallest absolute Gasteiger partial charge is 0.309 e. The largest absolute Gasteiger partial charge is 0.463 e. The fourth-order valence-corrected chi connectivity index (χ4v) is 2.72. The minimum absolute atomic E-state index is 0.0517. The van der Waals surface area contributed by atoms with E-state index in [-0.39, 0.29) is 25.1 Å². The zero-order valence-electron chi connectivity index (χ0n) is 15.3. The first kappa shape index (κ1) is 22.4. The SMILES string of the molecule is CCCCCCCC(CCCCCCC)C(=O)OC[C@H](O)CO. The van der Waals surface area contributed by atoms with Gasteiger partial charge in [0.25, 0.3) is 0 Å². The van der Waals surface area contributed by atoms with Crippen molar-refractivity contribution < 1.29 is 19.7 Å². The third-order valence-electron chi connectivity index (χ3n) is 4.27. The molecular weight excluding hydrogens is 292 g/mol. The Morgan fingerprint density at radius 2 is 1.35 bits per heavy atom. The highest BCUT2D eigenvalue weighted by molar-refractivity contribution is 5.72. The first-order valence-corrected chi connectivity index (χ1v) is 9.61. The fourth-order valence-electron chi connectivity index (χ4n) is 2.72. The minimum Gasteiger partial charge on any atom is -0.463 e. The van der Waals surface area contributed by atoms with E-state index in [2.05, 4.69) is 13.8 Å². The number of carbonyl (C=O) groups is 1. The molecule has 23 heavy (non-hydrogen) atoms. The number of aliphatic hydroxyl groups is 2. The van der Waals surface area contributed by atoms with Crippen molar-refractivity contribution in [3.8, 4) is 0 Å². The van der Waals surface area contributed by atoms with Gasteiger partial charge in [-0.25, -0.2) is 0 Å². The van der Waals surface area contributed by atoms with Crippen LogP contribution >= 0.6 is 0 Å². The second-order valence-electron chi connectivity index (χ2n) is 6.57. The zero-order valence-corrected chi connectivity index (χ0v) is 15.3. The van der Waals surface area contributed by atoms with Gasteiger partial charge in [-0.05, 0) is 12.8 Å². The van der Waals surface area contributed by atoms with Crippen LogP contribution in [0, 0.1) is 5.92 Å². The van der Waals surface area contributed by atoms with Crippen LogP contribution in [-0.4, -0.2) is 35.5 Å². The number of hydrogen-bond acceptors (Lipinski definition) is 4. The molecule has 0 amide bonds. The van der Waals surface area contributed by atoms with E-state index in [0.717, 1.165) is 25.7 Å². The lowest BCUT2D eigenvalue weighted by atomic mass is 9.94. The second-order valence-corrected chi connectivity index (χ2v) is 6.57. The monoisotopic (exact) mass is 330 g/mol. The molecule has 4 nitrogen and oxygen atoms in total. The molecule has 0 bridgehead atoms. The normalized spacial score (nSPS) is 12.6. The Morgan fingerprint density at radius 1 is 0.870 bits per heavy atom. The molecule has 0 aliphatic heterocycles. The molecule has 0 aromatic rings. The molecule has 0 aliphatic carbocycles. The summed E-state index contributed by atoms with van der Waals surface area (Å²) in [5, 5.41) is 18.1. The number of aliphatic hydroxyl groups excluding tert-OH is 2. The molecule has 0 aromatic carbocycles. The van der Waals surface area contributed by atoms with E-state index in [1.165, 1.54) is 51.4 Å². The van der Waals surface area contributed by atoms with E-state index in [4.69, 9.17) is 9.84 Å².